The molecule has 0 aliphatic carbocycles. The molecular weight excluding hydrogens is 446 g/mol. The first kappa shape index (κ1) is 33.1. The van der Waals surface area contributed by atoms with Crippen molar-refractivity contribution in [1.82, 2.24) is 0 Å². The molecule has 0 radical (unpaired) electrons. The van der Waals surface area contributed by atoms with E-state index in [9.17, 15) is 29.7 Å². The fraction of sp³-hybridized carbons (Fsp3) is 0.821. The Balaban J connectivity index is 4.29. The van der Waals surface area contributed by atoms with Crippen molar-refractivity contribution in [2.24, 2.45) is 0 Å². The minimum absolute atomic E-state index is 0.182. The molecule has 0 aliphatic heterocycles. The summed E-state index contributed by atoms with van der Waals surface area (Å²) in [6.07, 6.45) is 21.8. The van der Waals surface area contributed by atoms with E-state index in [0.29, 0.717) is 6.42 Å². The SMILES string of the molecule is CCCCCCC/C=C/CCCCCCCCCC[N+](C(C)C(=O)[O-])(C(C)C(=O)O)C(C)C(=O)O. The maximum absolute atomic E-state index is 11.8. The highest BCUT2D eigenvalue weighted by Gasteiger charge is 2.50. The highest BCUT2D eigenvalue weighted by molar-refractivity contribution is 5.76. The van der Waals surface area contributed by atoms with Crippen LogP contribution in [0.3, 0.4) is 0 Å². The second-order valence-electron chi connectivity index (χ2n) is 10.0. The molecule has 7 heteroatoms. The van der Waals surface area contributed by atoms with Crippen LogP contribution in [0, 0.1) is 0 Å². The number of carboxylic acid groups (broad SMARTS) is 3. The van der Waals surface area contributed by atoms with Gasteiger partial charge in [0.05, 0.1) is 12.5 Å². The van der Waals surface area contributed by atoms with Gasteiger partial charge in [-0.3, -0.25) is 4.48 Å². The zero-order chi connectivity index (χ0) is 26.7. The van der Waals surface area contributed by atoms with Gasteiger partial charge in [-0.05, 0) is 59.3 Å². The Morgan fingerprint density at radius 1 is 0.657 bits per heavy atom. The van der Waals surface area contributed by atoms with Gasteiger partial charge in [0.25, 0.3) is 0 Å². The number of carboxylic acids is 3. The van der Waals surface area contributed by atoms with Crippen LogP contribution in [0.2, 0.25) is 0 Å². The normalized spacial score (nSPS) is 16.0. The predicted octanol–water partition coefficient (Wildman–Crippen LogP) is 5.32. The molecule has 35 heavy (non-hydrogen) atoms. The Morgan fingerprint density at radius 3 is 1.40 bits per heavy atom. The number of rotatable bonds is 23. The van der Waals surface area contributed by atoms with Crippen molar-refractivity contribution in [3.63, 3.8) is 0 Å². The average Bonchev–Trinajstić information content (AvgIpc) is 2.82. The van der Waals surface area contributed by atoms with Crippen LogP contribution < -0.4 is 5.11 Å². The van der Waals surface area contributed by atoms with E-state index in [1.165, 1.54) is 78.6 Å². The quantitative estimate of drug-likeness (QED) is 0.112. The molecule has 0 aromatic heterocycles. The number of quaternary nitrogens is 1. The fourth-order valence-electron chi connectivity index (χ4n) is 5.00. The summed E-state index contributed by atoms with van der Waals surface area (Å²) in [6.45, 7) is 6.56. The van der Waals surface area contributed by atoms with Crippen molar-refractivity contribution < 1.29 is 34.2 Å². The molecular formula is C28H51NO6. The standard InChI is InChI=1S/C28H51NO6/c1-5-6-7-8-9-10-11-12-13-14-15-16-17-18-19-20-21-22-29(23(2)26(30)31,24(3)27(32)33)25(4)28(34)35/h11-12,23-25H,5-10,13-22H2,1-4H3,(H2-,30,31,32,33,34,35)/b12-11+. The van der Waals surface area contributed by atoms with E-state index in [2.05, 4.69) is 19.1 Å². The molecule has 2 N–H and O–H groups in total. The molecule has 0 saturated heterocycles. The smallest absolute Gasteiger partial charge is 0.362 e. The molecule has 3 unspecified atom stereocenters. The van der Waals surface area contributed by atoms with Gasteiger partial charge < -0.3 is 20.1 Å². The number of aliphatic carboxylic acids is 3. The maximum Gasteiger partial charge on any atom is 0.362 e. The van der Waals surface area contributed by atoms with Crippen molar-refractivity contribution >= 4 is 17.9 Å². The highest BCUT2D eigenvalue weighted by Crippen LogP contribution is 2.27. The summed E-state index contributed by atoms with van der Waals surface area (Å²) in [5.74, 6) is -3.82. The largest absolute Gasteiger partial charge is 0.544 e. The number of carbonyl (C=O) groups excluding carboxylic acids is 1. The van der Waals surface area contributed by atoms with Crippen LogP contribution in [0.5, 0.6) is 0 Å². The van der Waals surface area contributed by atoms with Crippen molar-refractivity contribution in [2.75, 3.05) is 6.54 Å². The molecule has 0 fully saturated rings. The highest BCUT2D eigenvalue weighted by atomic mass is 16.4. The minimum atomic E-state index is -1.42. The predicted molar refractivity (Wildman–Crippen MR) is 138 cm³/mol. The number of nitrogens with zero attached hydrogens (tertiary/aromatic N) is 1. The summed E-state index contributed by atoms with van der Waals surface area (Å²) >= 11 is 0. The lowest BCUT2D eigenvalue weighted by molar-refractivity contribution is -0.969. The van der Waals surface area contributed by atoms with Gasteiger partial charge in [-0.15, -0.1) is 0 Å². The van der Waals surface area contributed by atoms with Crippen molar-refractivity contribution in [1.29, 1.82) is 0 Å². The van der Waals surface area contributed by atoms with Gasteiger partial charge in [-0.1, -0.05) is 76.9 Å². The van der Waals surface area contributed by atoms with Crippen molar-refractivity contribution in [3.05, 3.63) is 12.2 Å². The van der Waals surface area contributed by atoms with E-state index in [-0.39, 0.29) is 6.54 Å². The third kappa shape index (κ3) is 12.6. The average molecular weight is 498 g/mol. The Morgan fingerprint density at radius 2 is 1.03 bits per heavy atom. The molecule has 204 valence electrons. The van der Waals surface area contributed by atoms with Gasteiger partial charge in [0.1, 0.15) is 6.04 Å². The number of unbranched alkanes of at least 4 members (excludes halogenated alkanes) is 13. The zero-order valence-corrected chi connectivity index (χ0v) is 22.7. The van der Waals surface area contributed by atoms with Crippen molar-refractivity contribution in [3.8, 4) is 0 Å². The molecule has 0 rings (SSSR count). The molecule has 0 aromatic carbocycles. The van der Waals surface area contributed by atoms with Crippen LogP contribution in [-0.4, -0.2) is 57.3 Å². The molecule has 7 nitrogen and oxygen atoms in total. The van der Waals surface area contributed by atoms with E-state index < -0.39 is 40.5 Å². The van der Waals surface area contributed by atoms with Crippen LogP contribution in [0.4, 0.5) is 0 Å². The molecule has 0 aliphatic rings. The van der Waals surface area contributed by atoms with Crippen LogP contribution >= 0.6 is 0 Å². The molecule has 0 spiro atoms. The second kappa shape index (κ2) is 19.3. The summed E-state index contributed by atoms with van der Waals surface area (Å²) in [6, 6.07) is -3.56. The van der Waals surface area contributed by atoms with Crippen molar-refractivity contribution in [2.45, 2.75) is 142 Å². The third-order valence-corrected chi connectivity index (χ3v) is 7.53. The van der Waals surface area contributed by atoms with E-state index >= 15 is 0 Å². The Hall–Kier alpha value is -1.89. The first-order valence-electron chi connectivity index (χ1n) is 13.8. The molecule has 0 bridgehead atoms. The number of hydrogen-bond acceptors (Lipinski definition) is 4. The van der Waals surface area contributed by atoms with Gasteiger partial charge in [0.2, 0.25) is 0 Å². The maximum atomic E-state index is 11.8. The minimum Gasteiger partial charge on any atom is -0.544 e. The summed E-state index contributed by atoms with van der Waals surface area (Å²) in [5.41, 5.74) is 0. The number of hydrogen-bond donors (Lipinski definition) is 2. The van der Waals surface area contributed by atoms with Crippen LogP contribution in [0.25, 0.3) is 0 Å². The molecule has 0 heterocycles. The van der Waals surface area contributed by atoms with E-state index in [0.717, 1.165) is 32.1 Å². The summed E-state index contributed by atoms with van der Waals surface area (Å²) in [7, 11) is 0. The third-order valence-electron chi connectivity index (χ3n) is 7.53. The van der Waals surface area contributed by atoms with E-state index in [1.54, 1.807) is 0 Å². The number of carbonyl (C=O) groups is 3. The van der Waals surface area contributed by atoms with E-state index in [1.807, 2.05) is 0 Å². The van der Waals surface area contributed by atoms with Crippen LogP contribution in [-0.2, 0) is 14.4 Å². The Labute approximate surface area is 213 Å². The lowest BCUT2D eigenvalue weighted by atomic mass is 10.00. The summed E-state index contributed by atoms with van der Waals surface area (Å²) < 4.78 is -0.542. The van der Waals surface area contributed by atoms with Gasteiger partial charge in [0, 0.05) is 0 Å². The Bertz CT molecular complexity index is 583. The first-order valence-corrected chi connectivity index (χ1v) is 13.8. The van der Waals surface area contributed by atoms with Crippen LogP contribution in [0.1, 0.15) is 124 Å². The first-order chi connectivity index (χ1) is 16.6. The second-order valence-corrected chi connectivity index (χ2v) is 10.0. The fourth-order valence-corrected chi connectivity index (χ4v) is 5.00. The molecule has 3 atom stereocenters. The van der Waals surface area contributed by atoms with E-state index in [4.69, 9.17) is 0 Å². The monoisotopic (exact) mass is 497 g/mol. The number of allylic oxidation sites excluding steroid dienone is 2. The Kier molecular flexibility index (Phi) is 18.3. The zero-order valence-electron chi connectivity index (χ0n) is 22.7. The lowest BCUT2D eigenvalue weighted by Crippen LogP contribution is -2.72. The van der Waals surface area contributed by atoms with Crippen LogP contribution in [0.15, 0.2) is 12.2 Å². The topological polar surface area (TPSA) is 115 Å². The van der Waals surface area contributed by atoms with Gasteiger partial charge in [-0.2, -0.15) is 0 Å². The van der Waals surface area contributed by atoms with Gasteiger partial charge in [-0.25, -0.2) is 9.59 Å². The van der Waals surface area contributed by atoms with Gasteiger partial charge in [0.15, 0.2) is 12.1 Å². The summed E-state index contributed by atoms with van der Waals surface area (Å²) in [4.78, 5) is 35.2. The molecule has 0 saturated carbocycles. The summed E-state index contributed by atoms with van der Waals surface area (Å²) in [5, 5.41) is 30.9. The molecule has 0 amide bonds. The van der Waals surface area contributed by atoms with Gasteiger partial charge >= 0.3 is 11.9 Å². The lowest BCUT2D eigenvalue weighted by Gasteiger charge is -2.49. The molecule has 0 aromatic rings.